The monoisotopic (exact) mass is 350 g/mol. The number of nitrogens with one attached hydrogen (secondary N) is 1. The van der Waals surface area contributed by atoms with E-state index in [4.69, 9.17) is 9.47 Å². The van der Waals surface area contributed by atoms with Crippen LogP contribution >= 0.6 is 0 Å². The summed E-state index contributed by atoms with van der Waals surface area (Å²) in [7, 11) is 1.50. The van der Waals surface area contributed by atoms with Gasteiger partial charge in [-0.1, -0.05) is 54.6 Å². The van der Waals surface area contributed by atoms with E-state index in [9.17, 15) is 4.79 Å². The van der Waals surface area contributed by atoms with Gasteiger partial charge in [-0.25, -0.2) is 9.78 Å². The Labute approximate surface area is 153 Å². The summed E-state index contributed by atoms with van der Waals surface area (Å²) in [5, 5.41) is 2.63. The molecule has 0 unspecified atom stereocenters. The molecular formula is C21H22N2O3. The van der Waals surface area contributed by atoms with Crippen molar-refractivity contribution in [1.29, 1.82) is 0 Å². The second-order valence-corrected chi connectivity index (χ2v) is 5.43. The Morgan fingerprint density at radius 1 is 0.923 bits per heavy atom. The van der Waals surface area contributed by atoms with Gasteiger partial charge in [-0.15, -0.1) is 0 Å². The minimum atomic E-state index is -0.584. The van der Waals surface area contributed by atoms with Crippen molar-refractivity contribution < 1.29 is 14.3 Å². The summed E-state index contributed by atoms with van der Waals surface area (Å²) in [6.07, 6.45) is -0.584. The first-order valence-electron chi connectivity index (χ1n) is 8.16. The molecule has 0 spiro atoms. The largest absolute Gasteiger partial charge is 0.480 e. The maximum Gasteiger partial charge on any atom is 0.417 e. The lowest BCUT2D eigenvalue weighted by molar-refractivity contribution is 0.215. The molecule has 0 bridgehead atoms. The smallest absolute Gasteiger partial charge is 0.417 e. The normalized spacial score (nSPS) is 9.50. The number of para-hydroxylation sites is 1. The Kier molecular flexibility index (Phi) is 7.18. The van der Waals surface area contributed by atoms with Crippen LogP contribution in [0, 0.1) is 13.8 Å². The van der Waals surface area contributed by atoms with Gasteiger partial charge in [-0.05, 0) is 37.6 Å². The fourth-order valence-electron chi connectivity index (χ4n) is 2.04. The molecule has 3 rings (SSSR count). The number of methoxy groups -OCH3 is 1. The third kappa shape index (κ3) is 5.94. The number of anilines is 1. The van der Waals surface area contributed by atoms with E-state index in [1.165, 1.54) is 7.11 Å². The highest BCUT2D eigenvalue weighted by molar-refractivity contribution is 5.87. The van der Waals surface area contributed by atoms with Gasteiger partial charge in [0, 0.05) is 5.69 Å². The van der Waals surface area contributed by atoms with Crippen molar-refractivity contribution in [3.63, 3.8) is 0 Å². The van der Waals surface area contributed by atoms with Crippen LogP contribution in [-0.2, 0) is 0 Å². The van der Waals surface area contributed by atoms with Crippen molar-refractivity contribution >= 4 is 11.8 Å². The van der Waals surface area contributed by atoms with Gasteiger partial charge in [0.1, 0.15) is 11.4 Å². The highest BCUT2D eigenvalue weighted by Gasteiger charge is 2.12. The van der Waals surface area contributed by atoms with Crippen molar-refractivity contribution in [1.82, 2.24) is 4.98 Å². The molecule has 2 aromatic carbocycles. The van der Waals surface area contributed by atoms with Crippen LogP contribution in [-0.4, -0.2) is 18.2 Å². The average molecular weight is 350 g/mol. The number of nitrogens with zero attached hydrogens (tertiary/aromatic N) is 1. The van der Waals surface area contributed by atoms with Crippen LogP contribution in [0.3, 0.4) is 0 Å². The first-order chi connectivity index (χ1) is 12.6. The second kappa shape index (κ2) is 9.84. The number of rotatable bonds is 3. The third-order valence-electron chi connectivity index (χ3n) is 3.48. The molecule has 1 amide bonds. The molecule has 0 saturated heterocycles. The molecular weight excluding hydrogens is 328 g/mol. The minimum Gasteiger partial charge on any atom is -0.480 e. The van der Waals surface area contributed by atoms with E-state index in [0.29, 0.717) is 17.3 Å². The fourth-order valence-corrected chi connectivity index (χ4v) is 2.04. The summed E-state index contributed by atoms with van der Waals surface area (Å²) in [4.78, 5) is 16.1. The number of ether oxygens (including phenoxy) is 2. The number of aryl methyl sites for hydroxylation is 2. The SMILES string of the molecule is COc1nc(C)c(C)cc1NC(=O)Oc1ccccc1.c1ccccc1. The number of carbonyl (C=O) groups is 1. The minimum absolute atomic E-state index is 0.359. The number of aromatic nitrogens is 1. The van der Waals surface area contributed by atoms with Gasteiger partial charge in [-0.2, -0.15) is 0 Å². The molecule has 0 fully saturated rings. The first-order valence-corrected chi connectivity index (χ1v) is 8.16. The van der Waals surface area contributed by atoms with Crippen LogP contribution < -0.4 is 14.8 Å². The predicted molar refractivity (Wildman–Crippen MR) is 103 cm³/mol. The van der Waals surface area contributed by atoms with E-state index in [0.717, 1.165) is 11.3 Å². The standard InChI is InChI=1S/C15H16N2O3.C6H6/c1-10-9-13(14(19-3)16-11(10)2)17-15(18)20-12-7-5-4-6-8-12;1-2-4-6-5-3-1/h4-9H,1-3H3,(H,17,18);1-6H. The number of hydrogen-bond acceptors (Lipinski definition) is 4. The van der Waals surface area contributed by atoms with Crippen molar-refractivity contribution in [2.24, 2.45) is 0 Å². The van der Waals surface area contributed by atoms with Gasteiger partial charge in [0.15, 0.2) is 0 Å². The van der Waals surface area contributed by atoms with Crippen molar-refractivity contribution in [2.45, 2.75) is 13.8 Å². The highest BCUT2D eigenvalue weighted by Crippen LogP contribution is 2.24. The lowest BCUT2D eigenvalue weighted by Gasteiger charge is -2.11. The van der Waals surface area contributed by atoms with Crippen LogP contribution in [0.1, 0.15) is 11.3 Å². The van der Waals surface area contributed by atoms with Gasteiger partial charge in [-0.3, -0.25) is 5.32 Å². The maximum absolute atomic E-state index is 11.8. The van der Waals surface area contributed by atoms with E-state index < -0.39 is 6.09 Å². The molecule has 5 heteroatoms. The summed E-state index contributed by atoms with van der Waals surface area (Å²) in [6, 6.07) is 22.6. The topological polar surface area (TPSA) is 60.5 Å². The van der Waals surface area contributed by atoms with Gasteiger partial charge in [0.2, 0.25) is 5.88 Å². The van der Waals surface area contributed by atoms with Crippen molar-refractivity contribution in [3.8, 4) is 11.6 Å². The van der Waals surface area contributed by atoms with E-state index in [1.807, 2.05) is 56.3 Å². The Balaban J connectivity index is 0.000000342. The number of pyridine rings is 1. The maximum atomic E-state index is 11.8. The summed E-state index contributed by atoms with van der Waals surface area (Å²) in [6.45, 7) is 3.79. The summed E-state index contributed by atoms with van der Waals surface area (Å²) in [5.41, 5.74) is 2.29. The zero-order valence-corrected chi connectivity index (χ0v) is 15.1. The third-order valence-corrected chi connectivity index (χ3v) is 3.48. The number of benzene rings is 2. The van der Waals surface area contributed by atoms with E-state index >= 15 is 0 Å². The number of carbonyl (C=O) groups excluding carboxylic acids is 1. The average Bonchev–Trinajstić information content (AvgIpc) is 2.67. The number of hydrogen-bond donors (Lipinski definition) is 1. The Morgan fingerprint density at radius 3 is 2.00 bits per heavy atom. The molecule has 0 atom stereocenters. The number of amides is 1. The summed E-state index contributed by atoms with van der Waals surface area (Å²) >= 11 is 0. The molecule has 5 nitrogen and oxygen atoms in total. The Hall–Kier alpha value is -3.34. The molecule has 0 aliphatic heterocycles. The molecule has 1 heterocycles. The van der Waals surface area contributed by atoms with Crippen molar-refractivity contribution in [2.75, 3.05) is 12.4 Å². The molecule has 1 N–H and O–H groups in total. The summed E-state index contributed by atoms with van der Waals surface area (Å²) < 4.78 is 10.3. The molecule has 0 aliphatic rings. The zero-order valence-electron chi connectivity index (χ0n) is 15.1. The van der Waals surface area contributed by atoms with E-state index in [-0.39, 0.29) is 0 Å². The van der Waals surface area contributed by atoms with E-state index in [2.05, 4.69) is 10.3 Å². The predicted octanol–water partition coefficient (Wildman–Crippen LogP) is 5.00. The Bertz CT molecular complexity index is 795. The lowest BCUT2D eigenvalue weighted by atomic mass is 10.2. The quantitative estimate of drug-likeness (QED) is 0.722. The molecule has 0 aliphatic carbocycles. The van der Waals surface area contributed by atoms with E-state index in [1.54, 1.807) is 30.3 Å². The molecule has 1 aromatic heterocycles. The zero-order chi connectivity index (χ0) is 18.8. The second-order valence-electron chi connectivity index (χ2n) is 5.43. The van der Waals surface area contributed by atoms with Crippen molar-refractivity contribution in [3.05, 3.63) is 84.1 Å². The van der Waals surface area contributed by atoms with Crippen LogP contribution in [0.25, 0.3) is 0 Å². The molecule has 0 radical (unpaired) electrons. The van der Waals surface area contributed by atoms with Crippen LogP contribution in [0.4, 0.5) is 10.5 Å². The molecule has 134 valence electrons. The molecule has 26 heavy (non-hydrogen) atoms. The molecule has 0 saturated carbocycles. The Morgan fingerprint density at radius 2 is 1.46 bits per heavy atom. The van der Waals surface area contributed by atoms with Crippen LogP contribution in [0.5, 0.6) is 11.6 Å². The van der Waals surface area contributed by atoms with Crippen LogP contribution in [0.2, 0.25) is 0 Å². The van der Waals surface area contributed by atoms with Crippen LogP contribution in [0.15, 0.2) is 72.8 Å². The first kappa shape index (κ1) is 19.0. The van der Waals surface area contributed by atoms with Gasteiger partial charge >= 0.3 is 6.09 Å². The van der Waals surface area contributed by atoms with Gasteiger partial charge in [0.25, 0.3) is 0 Å². The highest BCUT2D eigenvalue weighted by atomic mass is 16.6. The lowest BCUT2D eigenvalue weighted by Crippen LogP contribution is -2.17. The summed E-state index contributed by atoms with van der Waals surface area (Å²) in [5.74, 6) is 0.832. The molecule has 3 aromatic rings. The fraction of sp³-hybridized carbons (Fsp3) is 0.143. The van der Waals surface area contributed by atoms with Gasteiger partial charge < -0.3 is 9.47 Å². The van der Waals surface area contributed by atoms with Gasteiger partial charge in [0.05, 0.1) is 7.11 Å².